The molecular formula is C24H38F3N3O. The number of benzene rings is 1. The van der Waals surface area contributed by atoms with Gasteiger partial charge in [-0.25, -0.2) is 4.99 Å². The van der Waals surface area contributed by atoms with Gasteiger partial charge in [-0.15, -0.1) is 0 Å². The zero-order chi connectivity index (χ0) is 24.0. The molecule has 0 saturated carbocycles. The Hall–Kier alpha value is -2.15. The van der Waals surface area contributed by atoms with E-state index in [0.717, 1.165) is 25.5 Å². The molecule has 1 aliphatic rings. The molecule has 176 valence electrons. The topological polar surface area (TPSA) is 58.7 Å². The highest BCUT2D eigenvalue weighted by Gasteiger charge is 2.35. The Morgan fingerprint density at radius 3 is 2.13 bits per heavy atom. The molecule has 1 heterocycles. The fourth-order valence-corrected chi connectivity index (χ4v) is 2.87. The van der Waals surface area contributed by atoms with Gasteiger partial charge in [-0.2, -0.15) is 13.2 Å². The van der Waals surface area contributed by atoms with Crippen LogP contribution in [0.5, 0.6) is 0 Å². The van der Waals surface area contributed by atoms with Crippen LogP contribution in [0.3, 0.4) is 0 Å². The third kappa shape index (κ3) is 10.1. The molecule has 0 aliphatic carbocycles. The number of nitrogens with zero attached hydrogens (tertiary/aromatic N) is 2. The third-order valence-electron chi connectivity index (χ3n) is 4.09. The summed E-state index contributed by atoms with van der Waals surface area (Å²) in [6.45, 7) is 11.9. The normalized spacial score (nSPS) is 13.3. The predicted octanol–water partition coefficient (Wildman–Crippen LogP) is 6.20. The lowest BCUT2D eigenvalue weighted by Crippen LogP contribution is -2.24. The standard InChI is InChI=1S/C18H22F3N3O.2C3H8/c1-3-4-9-24(2)11-12-10-15(23-16(12)17(22)25)13-7-5-6-8-14(13)18(19,20)21;2*1-3-2/h5-8H,3-4,9-11H2,1-2H3,(H2,22,25);2*3H2,1-2H3. The lowest BCUT2D eigenvalue weighted by molar-refractivity contribution is -0.137. The average Bonchev–Trinajstić information content (AvgIpc) is 3.11. The van der Waals surface area contributed by atoms with E-state index in [1.54, 1.807) is 0 Å². The molecule has 0 unspecified atom stereocenters. The summed E-state index contributed by atoms with van der Waals surface area (Å²) in [6.07, 6.45) is 0.252. The molecule has 2 rings (SSSR count). The number of unbranched alkanes of at least 4 members (excludes halogenated alkanes) is 1. The van der Waals surface area contributed by atoms with Gasteiger partial charge < -0.3 is 10.6 Å². The van der Waals surface area contributed by atoms with Crippen LogP contribution in [0.1, 0.15) is 77.8 Å². The van der Waals surface area contributed by atoms with Crippen molar-refractivity contribution < 1.29 is 18.0 Å². The van der Waals surface area contributed by atoms with Crippen LogP contribution < -0.4 is 5.73 Å². The first-order chi connectivity index (χ1) is 14.6. The van der Waals surface area contributed by atoms with Gasteiger partial charge in [-0.3, -0.25) is 4.79 Å². The van der Waals surface area contributed by atoms with Crippen LogP contribution >= 0.6 is 0 Å². The molecule has 0 atom stereocenters. The van der Waals surface area contributed by atoms with Crippen molar-refractivity contribution in [2.45, 2.75) is 72.9 Å². The zero-order valence-electron chi connectivity index (χ0n) is 19.8. The third-order valence-corrected chi connectivity index (χ3v) is 4.09. The first kappa shape index (κ1) is 28.9. The van der Waals surface area contributed by atoms with Gasteiger partial charge in [0, 0.05) is 18.5 Å². The van der Waals surface area contributed by atoms with Crippen LogP contribution in [0.15, 0.2) is 40.5 Å². The fourth-order valence-electron chi connectivity index (χ4n) is 2.87. The average molecular weight is 442 g/mol. The van der Waals surface area contributed by atoms with E-state index in [1.807, 2.05) is 11.9 Å². The van der Waals surface area contributed by atoms with E-state index in [9.17, 15) is 18.0 Å². The smallest absolute Gasteiger partial charge is 0.364 e. The Morgan fingerprint density at radius 2 is 1.65 bits per heavy atom. The maximum atomic E-state index is 13.2. The number of amides is 1. The number of likely N-dealkylation sites (N-methyl/N-ethyl adjacent to an activating group) is 1. The molecule has 0 spiro atoms. The largest absolute Gasteiger partial charge is 0.417 e. The number of aliphatic imine (C=N–C) groups is 1. The van der Waals surface area contributed by atoms with E-state index in [2.05, 4.69) is 39.6 Å². The van der Waals surface area contributed by atoms with E-state index in [-0.39, 0.29) is 23.4 Å². The summed E-state index contributed by atoms with van der Waals surface area (Å²) in [7, 11) is 1.91. The van der Waals surface area contributed by atoms with Crippen molar-refractivity contribution in [2.24, 2.45) is 10.7 Å². The Morgan fingerprint density at radius 1 is 1.10 bits per heavy atom. The second-order valence-corrected chi connectivity index (χ2v) is 7.60. The number of halogens is 3. The summed E-state index contributed by atoms with van der Waals surface area (Å²) >= 11 is 0. The zero-order valence-corrected chi connectivity index (χ0v) is 19.8. The van der Waals surface area contributed by atoms with Gasteiger partial charge in [-0.1, -0.05) is 72.1 Å². The summed E-state index contributed by atoms with van der Waals surface area (Å²) in [6, 6.07) is 5.27. The van der Waals surface area contributed by atoms with Crippen molar-refractivity contribution in [3.05, 3.63) is 46.7 Å². The number of alkyl halides is 3. The van der Waals surface area contributed by atoms with Crippen molar-refractivity contribution >= 4 is 11.6 Å². The number of primary amides is 1. The van der Waals surface area contributed by atoms with E-state index in [1.165, 1.54) is 31.0 Å². The molecule has 0 fully saturated rings. The minimum Gasteiger partial charge on any atom is -0.364 e. The monoisotopic (exact) mass is 441 g/mol. The number of hydrogen-bond donors (Lipinski definition) is 1. The predicted molar refractivity (Wildman–Crippen MR) is 123 cm³/mol. The molecule has 31 heavy (non-hydrogen) atoms. The van der Waals surface area contributed by atoms with Crippen molar-refractivity contribution in [2.75, 3.05) is 20.1 Å². The maximum absolute atomic E-state index is 13.2. The van der Waals surface area contributed by atoms with E-state index in [0.29, 0.717) is 12.1 Å². The molecule has 4 nitrogen and oxygen atoms in total. The van der Waals surface area contributed by atoms with Crippen LogP contribution in [-0.4, -0.2) is 36.7 Å². The fraction of sp³-hybridized carbons (Fsp3) is 0.583. The quantitative estimate of drug-likeness (QED) is 0.547. The van der Waals surface area contributed by atoms with E-state index >= 15 is 0 Å². The van der Waals surface area contributed by atoms with Crippen molar-refractivity contribution in [1.29, 1.82) is 0 Å². The summed E-state index contributed by atoms with van der Waals surface area (Å²) in [4.78, 5) is 17.8. The highest BCUT2D eigenvalue weighted by atomic mass is 19.4. The molecule has 7 heteroatoms. The second kappa shape index (κ2) is 14.8. The number of rotatable bonds is 7. The molecule has 0 saturated heterocycles. The van der Waals surface area contributed by atoms with E-state index < -0.39 is 17.6 Å². The molecule has 0 aromatic heterocycles. The SMILES string of the molecule is CCC.CCC.CCCCN(C)CC1=C(C(N)=O)N=C(c2ccccc2C(F)(F)F)C1. The molecule has 0 radical (unpaired) electrons. The Kier molecular flexibility index (Phi) is 13.8. The van der Waals surface area contributed by atoms with Gasteiger partial charge in [0.25, 0.3) is 5.91 Å². The van der Waals surface area contributed by atoms with E-state index in [4.69, 9.17) is 5.73 Å². The Balaban J connectivity index is 0.00000134. The maximum Gasteiger partial charge on any atom is 0.417 e. The minimum atomic E-state index is -4.48. The van der Waals surface area contributed by atoms with Crippen molar-refractivity contribution in [3.8, 4) is 0 Å². The molecule has 0 bridgehead atoms. The van der Waals surface area contributed by atoms with Gasteiger partial charge in [0.1, 0.15) is 5.70 Å². The van der Waals surface area contributed by atoms with Crippen LogP contribution in [0.4, 0.5) is 13.2 Å². The van der Waals surface area contributed by atoms with Crippen LogP contribution in [-0.2, 0) is 11.0 Å². The van der Waals surface area contributed by atoms with Crippen molar-refractivity contribution in [3.63, 3.8) is 0 Å². The first-order valence-corrected chi connectivity index (χ1v) is 11.0. The first-order valence-electron chi connectivity index (χ1n) is 11.0. The number of carbonyl (C=O) groups excluding carboxylic acids is 1. The molecule has 2 N–H and O–H groups in total. The Bertz CT molecular complexity index is 738. The minimum absolute atomic E-state index is 0.0000359. The Labute approximate surface area is 185 Å². The highest BCUT2D eigenvalue weighted by Crippen LogP contribution is 2.34. The van der Waals surface area contributed by atoms with Crippen LogP contribution in [0.2, 0.25) is 0 Å². The molecule has 1 aromatic rings. The van der Waals surface area contributed by atoms with Gasteiger partial charge in [0.15, 0.2) is 0 Å². The molecule has 1 aliphatic heterocycles. The van der Waals surface area contributed by atoms with Gasteiger partial charge in [0.05, 0.1) is 11.3 Å². The lowest BCUT2D eigenvalue weighted by Gasteiger charge is -2.17. The molecule has 1 amide bonds. The molecule has 1 aromatic carbocycles. The van der Waals surface area contributed by atoms with Crippen LogP contribution in [0, 0.1) is 0 Å². The summed E-state index contributed by atoms with van der Waals surface area (Å²) in [5.41, 5.74) is 5.61. The number of carbonyl (C=O) groups is 1. The van der Waals surface area contributed by atoms with Gasteiger partial charge in [0.2, 0.25) is 0 Å². The summed E-state index contributed by atoms with van der Waals surface area (Å²) in [5.74, 6) is -0.710. The van der Waals surface area contributed by atoms with Gasteiger partial charge >= 0.3 is 6.18 Å². The lowest BCUT2D eigenvalue weighted by atomic mass is 9.98. The number of nitrogens with two attached hydrogens (primary N) is 1. The summed E-state index contributed by atoms with van der Waals surface area (Å²) < 4.78 is 39.7. The second-order valence-electron chi connectivity index (χ2n) is 7.60. The highest BCUT2D eigenvalue weighted by molar-refractivity contribution is 6.10. The van der Waals surface area contributed by atoms with Gasteiger partial charge in [-0.05, 0) is 31.7 Å². The summed E-state index contributed by atoms with van der Waals surface area (Å²) in [5, 5.41) is 0. The van der Waals surface area contributed by atoms with Crippen molar-refractivity contribution in [1.82, 2.24) is 4.90 Å². The van der Waals surface area contributed by atoms with Crippen LogP contribution in [0.25, 0.3) is 0 Å². The number of hydrogen-bond acceptors (Lipinski definition) is 3. The molecular weight excluding hydrogens is 403 g/mol.